The van der Waals surface area contributed by atoms with E-state index in [0.29, 0.717) is 18.1 Å². The first kappa shape index (κ1) is 13.3. The molecule has 7 heteroatoms. The molecule has 0 amide bonds. The van der Waals surface area contributed by atoms with E-state index in [4.69, 9.17) is 9.26 Å². The maximum atomic E-state index is 5.59. The van der Waals surface area contributed by atoms with Gasteiger partial charge in [0, 0.05) is 26.3 Å². The summed E-state index contributed by atoms with van der Waals surface area (Å²) < 4.78 is 12.9. The molecule has 1 atom stereocenters. The minimum Gasteiger partial charge on any atom is -0.378 e. The lowest BCUT2D eigenvalue weighted by molar-refractivity contribution is 0.109. The fourth-order valence-corrected chi connectivity index (χ4v) is 2.74. The van der Waals surface area contributed by atoms with Gasteiger partial charge in [-0.2, -0.15) is 10.1 Å². The number of nitrogens with one attached hydrogen (secondary N) is 1. The van der Waals surface area contributed by atoms with Crippen LogP contribution in [0, 0.1) is 0 Å². The Labute approximate surface area is 127 Å². The van der Waals surface area contributed by atoms with Crippen LogP contribution in [0.3, 0.4) is 0 Å². The molecule has 3 aromatic heterocycles. The van der Waals surface area contributed by atoms with Crippen LogP contribution in [0.15, 0.2) is 28.9 Å². The maximum absolute atomic E-state index is 5.59. The van der Waals surface area contributed by atoms with E-state index in [1.807, 2.05) is 36.0 Å². The number of hydrogen-bond acceptors (Lipinski definition) is 5. The number of aryl methyl sites for hydroxylation is 1. The highest BCUT2D eigenvalue weighted by molar-refractivity contribution is 5.61. The number of ether oxygens (including phenoxy) is 1. The molecule has 114 valence electrons. The lowest BCUT2D eigenvalue weighted by Crippen LogP contribution is -2.09. The summed E-state index contributed by atoms with van der Waals surface area (Å²) in [6.07, 6.45) is 5.06. The molecule has 1 fully saturated rings. The molecule has 0 saturated carbocycles. The second-order valence-electron chi connectivity index (χ2n) is 5.53. The van der Waals surface area contributed by atoms with E-state index < -0.39 is 0 Å². The Balaban J connectivity index is 1.54. The van der Waals surface area contributed by atoms with Crippen molar-refractivity contribution in [2.24, 2.45) is 7.05 Å². The van der Waals surface area contributed by atoms with Gasteiger partial charge in [-0.05, 0) is 31.0 Å². The van der Waals surface area contributed by atoms with E-state index >= 15 is 0 Å². The fourth-order valence-electron chi connectivity index (χ4n) is 2.74. The zero-order valence-corrected chi connectivity index (χ0v) is 12.3. The van der Waals surface area contributed by atoms with Gasteiger partial charge in [-0.3, -0.25) is 5.10 Å². The highest BCUT2D eigenvalue weighted by Crippen LogP contribution is 2.23. The van der Waals surface area contributed by atoms with Gasteiger partial charge < -0.3 is 13.8 Å². The summed E-state index contributed by atoms with van der Waals surface area (Å²) in [5.41, 5.74) is 2.60. The average molecular weight is 299 g/mol. The number of aromatic nitrogens is 5. The van der Waals surface area contributed by atoms with Gasteiger partial charge in [0.2, 0.25) is 0 Å². The largest absolute Gasteiger partial charge is 0.378 e. The van der Waals surface area contributed by atoms with Crippen molar-refractivity contribution in [2.75, 3.05) is 6.61 Å². The fraction of sp³-hybridized carbons (Fsp3) is 0.400. The molecular weight excluding hydrogens is 282 g/mol. The molecule has 3 aromatic rings. The Morgan fingerprint density at radius 2 is 2.41 bits per heavy atom. The Hall–Kier alpha value is -2.41. The number of H-pyrrole nitrogens is 1. The van der Waals surface area contributed by atoms with Gasteiger partial charge in [-0.25, -0.2) is 0 Å². The first-order chi connectivity index (χ1) is 10.8. The SMILES string of the molecule is Cn1cccc1-c1cc(-c2nc(CC3CCCO3)no2)[nH]n1. The summed E-state index contributed by atoms with van der Waals surface area (Å²) >= 11 is 0. The number of rotatable bonds is 4. The smallest absolute Gasteiger partial charge is 0.275 e. The average Bonchev–Trinajstić information content (AvgIpc) is 3.25. The molecule has 1 unspecified atom stereocenters. The highest BCUT2D eigenvalue weighted by Gasteiger charge is 2.20. The third kappa shape index (κ3) is 2.43. The summed E-state index contributed by atoms with van der Waals surface area (Å²) in [7, 11) is 1.98. The van der Waals surface area contributed by atoms with Crippen molar-refractivity contribution >= 4 is 0 Å². The van der Waals surface area contributed by atoms with Crippen molar-refractivity contribution in [2.45, 2.75) is 25.4 Å². The van der Waals surface area contributed by atoms with E-state index in [1.54, 1.807) is 0 Å². The third-order valence-electron chi connectivity index (χ3n) is 3.92. The molecule has 1 N–H and O–H groups in total. The van der Waals surface area contributed by atoms with E-state index in [-0.39, 0.29) is 6.10 Å². The molecule has 4 heterocycles. The van der Waals surface area contributed by atoms with Gasteiger partial charge in [0.25, 0.3) is 5.89 Å². The summed E-state index contributed by atoms with van der Waals surface area (Å²) in [4.78, 5) is 4.43. The molecule has 4 rings (SSSR count). The first-order valence-electron chi connectivity index (χ1n) is 7.41. The van der Waals surface area contributed by atoms with Crippen LogP contribution in [0.25, 0.3) is 23.0 Å². The predicted octanol–water partition coefficient (Wildman–Crippen LogP) is 2.19. The predicted molar refractivity (Wildman–Crippen MR) is 79.0 cm³/mol. The molecule has 1 aliphatic rings. The molecule has 0 aromatic carbocycles. The summed E-state index contributed by atoms with van der Waals surface area (Å²) in [5.74, 6) is 1.14. The Kier molecular flexibility index (Phi) is 3.27. The van der Waals surface area contributed by atoms with Crippen molar-refractivity contribution in [3.8, 4) is 23.0 Å². The van der Waals surface area contributed by atoms with Crippen LogP contribution >= 0.6 is 0 Å². The van der Waals surface area contributed by atoms with Crippen molar-refractivity contribution < 1.29 is 9.26 Å². The maximum Gasteiger partial charge on any atom is 0.275 e. The zero-order chi connectivity index (χ0) is 14.9. The van der Waals surface area contributed by atoms with Crippen LogP contribution in [0.5, 0.6) is 0 Å². The van der Waals surface area contributed by atoms with Crippen LogP contribution in [0.1, 0.15) is 18.7 Å². The zero-order valence-electron chi connectivity index (χ0n) is 12.3. The minimum atomic E-state index is 0.214. The highest BCUT2D eigenvalue weighted by atomic mass is 16.5. The normalized spacial score (nSPS) is 18.1. The Morgan fingerprint density at radius 3 is 3.18 bits per heavy atom. The molecule has 0 radical (unpaired) electrons. The summed E-state index contributed by atoms with van der Waals surface area (Å²) in [5, 5.41) is 11.3. The van der Waals surface area contributed by atoms with E-state index in [2.05, 4.69) is 20.3 Å². The molecule has 7 nitrogen and oxygen atoms in total. The van der Waals surface area contributed by atoms with Crippen LogP contribution in [-0.2, 0) is 18.2 Å². The second-order valence-corrected chi connectivity index (χ2v) is 5.53. The summed E-state index contributed by atoms with van der Waals surface area (Å²) in [6, 6.07) is 5.91. The Morgan fingerprint density at radius 1 is 1.45 bits per heavy atom. The van der Waals surface area contributed by atoms with Crippen molar-refractivity contribution in [1.29, 1.82) is 0 Å². The van der Waals surface area contributed by atoms with Crippen LogP contribution in [0.2, 0.25) is 0 Å². The van der Waals surface area contributed by atoms with Crippen molar-refractivity contribution in [3.63, 3.8) is 0 Å². The van der Waals surface area contributed by atoms with Crippen molar-refractivity contribution in [3.05, 3.63) is 30.2 Å². The summed E-state index contributed by atoms with van der Waals surface area (Å²) in [6.45, 7) is 0.829. The monoisotopic (exact) mass is 299 g/mol. The number of nitrogens with zero attached hydrogens (tertiary/aromatic N) is 4. The standard InChI is InChI=1S/C15H17N5O2/c1-20-6-2-5-13(20)11-9-12(18-17-11)15-16-14(19-22-15)8-10-4-3-7-21-10/h2,5-6,9-10H,3-4,7-8H2,1H3,(H,17,18). The van der Waals surface area contributed by atoms with Gasteiger partial charge in [-0.15, -0.1) is 0 Å². The van der Waals surface area contributed by atoms with E-state index in [1.165, 1.54) is 0 Å². The minimum absolute atomic E-state index is 0.214. The van der Waals surface area contributed by atoms with Gasteiger partial charge in [0.1, 0.15) is 11.4 Å². The van der Waals surface area contributed by atoms with E-state index in [0.717, 1.165) is 36.5 Å². The molecule has 0 bridgehead atoms. The van der Waals surface area contributed by atoms with Crippen molar-refractivity contribution in [1.82, 2.24) is 24.9 Å². The second kappa shape index (κ2) is 5.42. The van der Waals surface area contributed by atoms with E-state index in [9.17, 15) is 0 Å². The van der Waals surface area contributed by atoms with Gasteiger partial charge in [0.05, 0.1) is 11.8 Å². The van der Waals surface area contributed by atoms with Crippen LogP contribution in [0.4, 0.5) is 0 Å². The van der Waals surface area contributed by atoms with Gasteiger partial charge in [-0.1, -0.05) is 5.16 Å². The van der Waals surface area contributed by atoms with Gasteiger partial charge in [0.15, 0.2) is 5.82 Å². The lowest BCUT2D eigenvalue weighted by Gasteiger charge is -2.03. The van der Waals surface area contributed by atoms with Gasteiger partial charge >= 0.3 is 0 Å². The number of hydrogen-bond donors (Lipinski definition) is 1. The third-order valence-corrected chi connectivity index (χ3v) is 3.92. The number of aromatic amines is 1. The topological polar surface area (TPSA) is 81.8 Å². The molecule has 22 heavy (non-hydrogen) atoms. The molecule has 1 saturated heterocycles. The van der Waals surface area contributed by atoms with Crippen LogP contribution in [-0.4, -0.2) is 37.6 Å². The van der Waals surface area contributed by atoms with Crippen LogP contribution < -0.4 is 0 Å². The Bertz CT molecular complexity index is 766. The molecule has 0 spiro atoms. The quantitative estimate of drug-likeness (QED) is 0.798. The molecule has 1 aliphatic heterocycles. The first-order valence-corrected chi connectivity index (χ1v) is 7.41. The lowest BCUT2D eigenvalue weighted by atomic mass is 10.2. The molecule has 0 aliphatic carbocycles. The molecular formula is C15H17N5O2.